The summed E-state index contributed by atoms with van der Waals surface area (Å²) in [5.41, 5.74) is -0.0586. The van der Waals surface area contributed by atoms with Gasteiger partial charge in [-0.05, 0) is 23.7 Å². The van der Waals surface area contributed by atoms with Crippen LogP contribution in [0.3, 0.4) is 0 Å². The fourth-order valence-electron chi connectivity index (χ4n) is 5.60. The molecule has 0 N–H and O–H groups in total. The van der Waals surface area contributed by atoms with Crippen molar-refractivity contribution in [1.29, 1.82) is 0 Å². The average Bonchev–Trinajstić information content (AvgIpc) is 2.61. The van der Waals surface area contributed by atoms with E-state index in [-0.39, 0.29) is 34.8 Å². The highest BCUT2D eigenvalue weighted by molar-refractivity contribution is 7.03. The zero-order valence-electron chi connectivity index (χ0n) is 25.0. The molecule has 0 atom stereocenters. The van der Waals surface area contributed by atoms with E-state index in [0.717, 1.165) is 0 Å². The van der Waals surface area contributed by atoms with Gasteiger partial charge in [0.2, 0.25) is 0 Å². The van der Waals surface area contributed by atoms with Gasteiger partial charge in [-0.25, -0.2) is 0 Å². The first-order chi connectivity index (χ1) is 16.9. The Balaban J connectivity index is 2.03. The van der Waals surface area contributed by atoms with Gasteiger partial charge in [0, 0.05) is 35.3 Å². The van der Waals surface area contributed by atoms with Crippen molar-refractivity contribution in [3.63, 3.8) is 0 Å². The summed E-state index contributed by atoms with van der Waals surface area (Å²) in [6.45, 7) is 25.9. The second kappa shape index (κ2) is 10.3. The highest BCUT2D eigenvalue weighted by Crippen LogP contribution is 2.56. The van der Waals surface area contributed by atoms with Crippen molar-refractivity contribution >= 4 is 52.8 Å². The number of rotatable bonds is 10. The molecule has 0 aromatic heterocycles. The van der Waals surface area contributed by atoms with Crippen LogP contribution in [0.1, 0.15) is 83.1 Å². The Morgan fingerprint density at radius 3 is 0.703 bits per heavy atom. The molecule has 5 heterocycles. The fourth-order valence-corrected chi connectivity index (χ4v) is 45.1. The lowest BCUT2D eigenvalue weighted by Gasteiger charge is -2.65. The number of hydrogen-bond donors (Lipinski definition) is 0. The summed E-state index contributed by atoms with van der Waals surface area (Å²) < 4.78 is 64.5. The summed E-state index contributed by atoms with van der Waals surface area (Å²) in [4.78, 5) is 0. The third-order valence-corrected chi connectivity index (χ3v) is 36.6. The first kappa shape index (κ1) is 30.9. The SMILES string of the molecule is CC(C)C[Si]12O[Si]3(CC(C)C)O[Si]4(CC(C)C)O[Si](CC(C)C)(O1)O[Si](C(C)C)(O4)O[Si](C(C)C)(O2)O3. The van der Waals surface area contributed by atoms with E-state index in [9.17, 15) is 0 Å². The van der Waals surface area contributed by atoms with Crippen molar-refractivity contribution < 1.29 is 37.0 Å². The van der Waals surface area contributed by atoms with Crippen molar-refractivity contribution in [2.24, 2.45) is 23.7 Å². The normalized spacial score (nSPS) is 43.6. The molecule has 5 fully saturated rings. The minimum Gasteiger partial charge on any atom is -0.373 e. The second-order valence-corrected chi connectivity index (χ2v) is 32.7. The van der Waals surface area contributed by atoms with Crippen LogP contribution in [0.4, 0.5) is 0 Å². The van der Waals surface area contributed by atoms with Crippen LogP contribution in [0.5, 0.6) is 0 Å². The highest BCUT2D eigenvalue weighted by Gasteiger charge is 2.83. The Labute approximate surface area is 231 Å². The lowest BCUT2D eigenvalue weighted by atomic mass is 10.3. The van der Waals surface area contributed by atoms with E-state index in [0.29, 0.717) is 24.2 Å². The van der Waals surface area contributed by atoms with Gasteiger partial charge in [0.25, 0.3) is 0 Å². The monoisotopic (exact) mass is 626 g/mol. The third kappa shape index (κ3) is 5.97. The zero-order valence-corrected chi connectivity index (χ0v) is 31.0. The van der Waals surface area contributed by atoms with E-state index < -0.39 is 52.8 Å². The predicted molar refractivity (Wildman–Crippen MR) is 153 cm³/mol. The quantitative estimate of drug-likeness (QED) is 0.261. The molecule has 6 bridgehead atoms. The van der Waals surface area contributed by atoms with Crippen LogP contribution in [0.25, 0.3) is 0 Å². The smallest absolute Gasteiger partial charge is 0.373 e. The molecule has 9 nitrogen and oxygen atoms in total. The number of hydrogen-bond acceptors (Lipinski definition) is 9. The minimum absolute atomic E-state index is 0.0293. The van der Waals surface area contributed by atoms with E-state index in [1.54, 1.807) is 0 Å². The van der Waals surface area contributed by atoms with Crippen LogP contribution >= 0.6 is 0 Å². The molecule has 0 aromatic carbocycles. The van der Waals surface area contributed by atoms with Gasteiger partial charge in [-0.1, -0.05) is 83.1 Å². The largest absolute Gasteiger partial charge is 0.481 e. The lowest BCUT2D eigenvalue weighted by Crippen LogP contribution is -2.89. The maximum absolute atomic E-state index is 7.30. The first-order valence-electron chi connectivity index (χ1n) is 14.2. The van der Waals surface area contributed by atoms with E-state index >= 15 is 0 Å². The topological polar surface area (TPSA) is 83.1 Å². The Kier molecular flexibility index (Phi) is 8.63. The van der Waals surface area contributed by atoms with Crippen molar-refractivity contribution in [3.05, 3.63) is 0 Å². The van der Waals surface area contributed by atoms with Gasteiger partial charge in [0.15, 0.2) is 0 Å². The molecule has 0 radical (unpaired) electrons. The van der Waals surface area contributed by atoms with Crippen molar-refractivity contribution in [1.82, 2.24) is 0 Å². The average molecular weight is 627 g/mol. The molecule has 15 heteroatoms. The van der Waals surface area contributed by atoms with Crippen LogP contribution < -0.4 is 0 Å². The van der Waals surface area contributed by atoms with Crippen LogP contribution in [0.15, 0.2) is 0 Å². The molecular formula is C22H50O9Si6. The maximum Gasteiger partial charge on any atom is 0.481 e. The molecule has 0 amide bonds. The Hall–Kier alpha value is 0.941. The van der Waals surface area contributed by atoms with Gasteiger partial charge >= 0.3 is 52.8 Å². The summed E-state index contributed by atoms with van der Waals surface area (Å²) in [7, 11) is -20.4. The molecule has 5 aliphatic rings. The molecule has 0 spiro atoms. The summed E-state index contributed by atoms with van der Waals surface area (Å²) >= 11 is 0. The van der Waals surface area contributed by atoms with E-state index in [2.05, 4.69) is 83.1 Å². The zero-order chi connectivity index (χ0) is 27.7. The molecule has 5 saturated heterocycles. The van der Waals surface area contributed by atoms with Gasteiger partial charge in [0.05, 0.1) is 0 Å². The van der Waals surface area contributed by atoms with Crippen molar-refractivity contribution in [3.8, 4) is 0 Å². The van der Waals surface area contributed by atoms with Gasteiger partial charge in [0.1, 0.15) is 0 Å². The molecular weight excluding hydrogens is 577 g/mol. The molecule has 0 unspecified atom stereocenters. The molecule has 37 heavy (non-hydrogen) atoms. The van der Waals surface area contributed by atoms with Crippen molar-refractivity contribution in [2.75, 3.05) is 0 Å². The van der Waals surface area contributed by atoms with E-state index in [1.807, 2.05) is 0 Å². The molecule has 216 valence electrons. The van der Waals surface area contributed by atoms with Crippen LogP contribution in [0.2, 0.25) is 35.3 Å². The Bertz CT molecular complexity index is 733. The Morgan fingerprint density at radius 2 is 0.541 bits per heavy atom. The second-order valence-electron chi connectivity index (χ2n) is 13.6. The molecule has 0 aliphatic carbocycles. The fraction of sp³-hybridized carbons (Fsp3) is 1.00. The lowest BCUT2D eigenvalue weighted by molar-refractivity contribution is -0.0389. The summed E-state index contributed by atoms with van der Waals surface area (Å²) in [6, 6.07) is 2.58. The summed E-state index contributed by atoms with van der Waals surface area (Å²) in [6.07, 6.45) is 0. The third-order valence-electron chi connectivity index (χ3n) is 6.77. The molecule has 0 aromatic rings. The maximum atomic E-state index is 7.30. The van der Waals surface area contributed by atoms with Crippen LogP contribution in [0, 0.1) is 23.7 Å². The van der Waals surface area contributed by atoms with Gasteiger partial charge in [-0.2, -0.15) is 0 Å². The minimum atomic E-state index is -3.41. The van der Waals surface area contributed by atoms with Gasteiger partial charge in [-0.15, -0.1) is 0 Å². The molecule has 5 aliphatic heterocycles. The standard InChI is InChI=1S/C22H50O9Si6/c1-17(2)13-32-23-33(14-18(3)4)26-35(16-20(7)8)24-34(25-32,15-19(5)6)29-37(30-35,22(11)12)31-36(27-32,28-33)21(9)10/h17-22H,13-16H2,1-12H3. The Morgan fingerprint density at radius 1 is 0.324 bits per heavy atom. The van der Waals surface area contributed by atoms with Crippen LogP contribution in [-0.4, -0.2) is 52.8 Å². The van der Waals surface area contributed by atoms with Crippen LogP contribution in [-0.2, 0) is 37.0 Å². The highest BCUT2D eigenvalue weighted by atomic mass is 28.6. The van der Waals surface area contributed by atoms with Gasteiger partial charge in [-0.3, -0.25) is 0 Å². The predicted octanol–water partition coefficient (Wildman–Crippen LogP) is 6.27. The molecule has 5 rings (SSSR count). The summed E-state index contributed by atoms with van der Waals surface area (Å²) in [5, 5.41) is 0. The van der Waals surface area contributed by atoms with E-state index in [4.69, 9.17) is 37.0 Å². The van der Waals surface area contributed by atoms with Gasteiger partial charge < -0.3 is 37.0 Å². The van der Waals surface area contributed by atoms with E-state index in [1.165, 1.54) is 0 Å². The van der Waals surface area contributed by atoms with Crippen molar-refractivity contribution in [2.45, 2.75) is 118 Å². The first-order valence-corrected chi connectivity index (χ1v) is 25.6. The molecule has 0 saturated carbocycles. The summed E-state index contributed by atoms with van der Waals surface area (Å²) in [5.74, 6) is 1.12.